The maximum Gasteiger partial charge on any atom is 0.233 e. The fourth-order valence-electron chi connectivity index (χ4n) is 4.81. The summed E-state index contributed by atoms with van der Waals surface area (Å²) < 4.78 is 29.2. The van der Waals surface area contributed by atoms with Crippen LogP contribution in [0.5, 0.6) is 0 Å². The van der Waals surface area contributed by atoms with Crippen molar-refractivity contribution < 1.29 is 27.2 Å². The van der Waals surface area contributed by atoms with Crippen LogP contribution in [0.15, 0.2) is 22.8 Å². The number of carbonyl (C=O) groups is 3. The Morgan fingerprint density at radius 3 is 2.38 bits per heavy atom. The minimum Gasteiger partial charge on any atom is -0.467 e. The smallest absolute Gasteiger partial charge is 0.233 e. The molecule has 0 N–H and O–H groups in total. The topological polar surface area (TPSA) is 105 Å². The summed E-state index contributed by atoms with van der Waals surface area (Å²) >= 11 is 0. The van der Waals surface area contributed by atoms with Crippen molar-refractivity contribution in [3.8, 4) is 0 Å². The number of hydrogen-bond donors (Lipinski definition) is 0. The fourth-order valence-corrected chi connectivity index (χ4v) is 6.55. The second kappa shape index (κ2) is 7.93. The number of amides is 3. The van der Waals surface area contributed by atoms with Crippen LogP contribution in [0.25, 0.3) is 0 Å². The summed E-state index contributed by atoms with van der Waals surface area (Å²) in [5.41, 5.74) is 0. The zero-order valence-corrected chi connectivity index (χ0v) is 17.1. The number of imide groups is 1. The molecule has 158 valence electrons. The molecule has 29 heavy (non-hydrogen) atoms. The van der Waals surface area contributed by atoms with Crippen LogP contribution in [-0.4, -0.2) is 60.0 Å². The molecule has 3 unspecified atom stereocenters. The highest BCUT2D eigenvalue weighted by molar-refractivity contribution is 7.91. The number of likely N-dealkylation sites (tertiary alicyclic amines) is 1. The molecule has 3 heterocycles. The summed E-state index contributed by atoms with van der Waals surface area (Å²) in [4.78, 5) is 41.0. The van der Waals surface area contributed by atoms with Crippen LogP contribution in [0.4, 0.5) is 0 Å². The monoisotopic (exact) mass is 422 g/mol. The molecule has 9 heteroatoms. The van der Waals surface area contributed by atoms with Gasteiger partial charge in [0.25, 0.3) is 0 Å². The molecule has 2 aliphatic heterocycles. The third-order valence-electron chi connectivity index (χ3n) is 6.36. The van der Waals surface area contributed by atoms with Gasteiger partial charge in [-0.05, 0) is 31.4 Å². The Morgan fingerprint density at radius 1 is 1.14 bits per heavy atom. The first-order valence-electron chi connectivity index (χ1n) is 10.2. The lowest BCUT2D eigenvalue weighted by molar-refractivity contribution is -0.141. The van der Waals surface area contributed by atoms with Crippen molar-refractivity contribution in [2.24, 2.45) is 11.8 Å². The molecule has 1 saturated carbocycles. The molecule has 0 bridgehead atoms. The van der Waals surface area contributed by atoms with E-state index in [1.165, 1.54) is 16.1 Å². The Balaban J connectivity index is 1.44. The second-order valence-corrected chi connectivity index (χ2v) is 10.5. The molecule has 3 aliphatic rings. The van der Waals surface area contributed by atoms with Gasteiger partial charge in [-0.3, -0.25) is 19.3 Å². The molecule has 1 aromatic heterocycles. The largest absolute Gasteiger partial charge is 0.467 e. The molecule has 2 saturated heterocycles. The van der Waals surface area contributed by atoms with Gasteiger partial charge < -0.3 is 9.32 Å². The van der Waals surface area contributed by atoms with Crippen molar-refractivity contribution in [2.45, 2.75) is 51.1 Å². The molecular formula is C20H26N2O6S. The molecule has 3 atom stereocenters. The van der Waals surface area contributed by atoms with Crippen LogP contribution < -0.4 is 0 Å². The SMILES string of the molecule is O=C1C2CCCCC2C(=O)N1CCC(=O)N(Cc1ccco1)C1CCS(=O)(=O)C1. The van der Waals surface area contributed by atoms with E-state index in [1.807, 2.05) is 0 Å². The van der Waals surface area contributed by atoms with Gasteiger partial charge in [-0.1, -0.05) is 12.8 Å². The predicted octanol–water partition coefficient (Wildman–Crippen LogP) is 1.36. The lowest BCUT2D eigenvalue weighted by atomic mass is 9.81. The van der Waals surface area contributed by atoms with Crippen molar-refractivity contribution >= 4 is 27.6 Å². The van der Waals surface area contributed by atoms with Gasteiger partial charge in [0.2, 0.25) is 17.7 Å². The van der Waals surface area contributed by atoms with Crippen LogP contribution in [0.3, 0.4) is 0 Å². The third-order valence-corrected chi connectivity index (χ3v) is 8.11. The number of rotatable bonds is 6. The summed E-state index contributed by atoms with van der Waals surface area (Å²) in [6, 6.07) is 3.04. The van der Waals surface area contributed by atoms with Gasteiger partial charge in [-0.2, -0.15) is 0 Å². The van der Waals surface area contributed by atoms with E-state index in [0.717, 1.165) is 25.7 Å². The molecule has 0 radical (unpaired) electrons. The maximum atomic E-state index is 13.0. The first-order chi connectivity index (χ1) is 13.9. The lowest BCUT2D eigenvalue weighted by Crippen LogP contribution is -2.42. The summed E-state index contributed by atoms with van der Waals surface area (Å²) in [5.74, 6) is -0.476. The Hall–Kier alpha value is -2.16. The highest BCUT2D eigenvalue weighted by atomic mass is 32.2. The number of carbonyl (C=O) groups excluding carboxylic acids is 3. The van der Waals surface area contributed by atoms with E-state index in [9.17, 15) is 22.8 Å². The number of hydrogen-bond acceptors (Lipinski definition) is 6. The Bertz CT molecular complexity index is 870. The van der Waals surface area contributed by atoms with E-state index in [-0.39, 0.29) is 60.6 Å². The van der Waals surface area contributed by atoms with Gasteiger partial charge in [0, 0.05) is 19.0 Å². The molecule has 4 rings (SSSR count). The Morgan fingerprint density at radius 2 is 1.83 bits per heavy atom. The maximum absolute atomic E-state index is 13.0. The molecule has 0 aromatic carbocycles. The van der Waals surface area contributed by atoms with Gasteiger partial charge in [-0.15, -0.1) is 0 Å². The lowest BCUT2D eigenvalue weighted by Gasteiger charge is -2.28. The van der Waals surface area contributed by atoms with E-state index in [2.05, 4.69) is 0 Å². The Labute approximate surface area is 170 Å². The Kier molecular flexibility index (Phi) is 5.50. The van der Waals surface area contributed by atoms with Crippen LogP contribution >= 0.6 is 0 Å². The first kappa shape index (κ1) is 20.1. The molecule has 3 amide bonds. The van der Waals surface area contributed by atoms with Gasteiger partial charge in [-0.25, -0.2) is 8.42 Å². The normalized spacial score (nSPS) is 28.6. The molecule has 1 aromatic rings. The van der Waals surface area contributed by atoms with Crippen molar-refractivity contribution in [3.05, 3.63) is 24.2 Å². The highest BCUT2D eigenvalue weighted by Gasteiger charge is 2.48. The summed E-state index contributed by atoms with van der Waals surface area (Å²) in [7, 11) is -3.16. The summed E-state index contributed by atoms with van der Waals surface area (Å²) in [6.45, 7) is 0.233. The van der Waals surface area contributed by atoms with Gasteiger partial charge in [0.15, 0.2) is 9.84 Å². The third kappa shape index (κ3) is 4.10. The number of sulfone groups is 1. The number of fused-ring (bicyclic) bond motifs is 1. The zero-order valence-electron chi connectivity index (χ0n) is 16.3. The van der Waals surface area contributed by atoms with Crippen LogP contribution in [-0.2, 0) is 30.8 Å². The average molecular weight is 423 g/mol. The quantitative estimate of drug-likeness (QED) is 0.641. The average Bonchev–Trinajstić information content (AvgIpc) is 3.39. The van der Waals surface area contributed by atoms with Crippen LogP contribution in [0.1, 0.15) is 44.3 Å². The van der Waals surface area contributed by atoms with E-state index in [0.29, 0.717) is 12.2 Å². The van der Waals surface area contributed by atoms with E-state index in [1.54, 1.807) is 12.1 Å². The molecule has 8 nitrogen and oxygen atoms in total. The van der Waals surface area contributed by atoms with Crippen molar-refractivity contribution in [1.82, 2.24) is 9.80 Å². The number of nitrogens with zero attached hydrogens (tertiary/aromatic N) is 2. The van der Waals surface area contributed by atoms with Crippen molar-refractivity contribution in [3.63, 3.8) is 0 Å². The molecular weight excluding hydrogens is 396 g/mol. The zero-order chi connectivity index (χ0) is 20.6. The number of furan rings is 1. The summed E-state index contributed by atoms with van der Waals surface area (Å²) in [5, 5.41) is 0. The van der Waals surface area contributed by atoms with Crippen molar-refractivity contribution in [2.75, 3.05) is 18.1 Å². The van der Waals surface area contributed by atoms with Gasteiger partial charge in [0.05, 0.1) is 36.1 Å². The van der Waals surface area contributed by atoms with Crippen LogP contribution in [0.2, 0.25) is 0 Å². The predicted molar refractivity (Wildman–Crippen MR) is 103 cm³/mol. The molecule has 3 fully saturated rings. The van der Waals surface area contributed by atoms with E-state index < -0.39 is 15.9 Å². The second-order valence-electron chi connectivity index (χ2n) is 8.23. The summed E-state index contributed by atoms with van der Waals surface area (Å²) in [6.07, 6.45) is 5.29. The standard InChI is InChI=1S/C20H26N2O6S/c23-18(7-9-21-19(24)16-5-1-2-6-17(16)20(21)25)22(12-15-4-3-10-28-15)14-8-11-29(26,27)13-14/h3-4,10,14,16-17H,1-2,5-9,11-13H2. The van der Waals surface area contributed by atoms with E-state index in [4.69, 9.17) is 4.42 Å². The fraction of sp³-hybridized carbons (Fsp3) is 0.650. The molecule has 1 aliphatic carbocycles. The molecule has 0 spiro atoms. The minimum absolute atomic E-state index is 0.00578. The van der Waals surface area contributed by atoms with Gasteiger partial charge >= 0.3 is 0 Å². The minimum atomic E-state index is -3.16. The van der Waals surface area contributed by atoms with Gasteiger partial charge in [0.1, 0.15) is 5.76 Å². The van der Waals surface area contributed by atoms with E-state index >= 15 is 0 Å². The van der Waals surface area contributed by atoms with Crippen LogP contribution in [0, 0.1) is 11.8 Å². The first-order valence-corrected chi connectivity index (χ1v) is 12.1. The highest BCUT2D eigenvalue weighted by Crippen LogP contribution is 2.38. The van der Waals surface area contributed by atoms with Crippen molar-refractivity contribution in [1.29, 1.82) is 0 Å².